The fourth-order valence-corrected chi connectivity index (χ4v) is 2.56. The zero-order valence-corrected chi connectivity index (χ0v) is 13.0. The van der Waals surface area contributed by atoms with Crippen molar-refractivity contribution in [1.82, 2.24) is 10.2 Å². The van der Waals surface area contributed by atoms with Crippen molar-refractivity contribution in [3.05, 3.63) is 0 Å². The van der Waals surface area contributed by atoms with Crippen molar-refractivity contribution < 1.29 is 9.47 Å². The van der Waals surface area contributed by atoms with Crippen LogP contribution < -0.4 is 5.32 Å². The van der Waals surface area contributed by atoms with Crippen LogP contribution in [0.1, 0.15) is 33.1 Å². The molecule has 114 valence electrons. The Labute approximate surface area is 118 Å². The highest BCUT2D eigenvalue weighted by atomic mass is 16.5. The Morgan fingerprint density at radius 2 is 2.11 bits per heavy atom. The maximum Gasteiger partial charge on any atom is 0.0593 e. The topological polar surface area (TPSA) is 33.7 Å². The molecule has 1 saturated heterocycles. The van der Waals surface area contributed by atoms with Crippen LogP contribution in [0.5, 0.6) is 0 Å². The standard InChI is InChI=1S/C15H32N2O2/c1-14(2)17(8-11-19-10-5-9-18-3)13-15-6-4-7-16-12-15/h14-16H,4-13H2,1-3H3. The largest absolute Gasteiger partial charge is 0.385 e. The number of hydrogen-bond acceptors (Lipinski definition) is 4. The quantitative estimate of drug-likeness (QED) is 0.614. The molecule has 0 radical (unpaired) electrons. The van der Waals surface area contributed by atoms with Crippen LogP contribution in [-0.4, -0.2) is 64.1 Å². The number of rotatable bonds is 10. The summed E-state index contributed by atoms with van der Waals surface area (Å²) in [5, 5.41) is 3.50. The zero-order chi connectivity index (χ0) is 13.9. The van der Waals surface area contributed by atoms with Gasteiger partial charge in [0.25, 0.3) is 0 Å². The maximum absolute atomic E-state index is 5.67. The van der Waals surface area contributed by atoms with Gasteiger partial charge in [-0.25, -0.2) is 0 Å². The van der Waals surface area contributed by atoms with Gasteiger partial charge in [-0.15, -0.1) is 0 Å². The van der Waals surface area contributed by atoms with Gasteiger partial charge in [0.2, 0.25) is 0 Å². The summed E-state index contributed by atoms with van der Waals surface area (Å²) in [6.45, 7) is 11.6. The van der Waals surface area contributed by atoms with E-state index in [1.807, 2.05) is 0 Å². The predicted octanol–water partition coefficient (Wildman–Crippen LogP) is 1.75. The summed E-state index contributed by atoms with van der Waals surface area (Å²) in [6.07, 6.45) is 3.68. The fraction of sp³-hybridized carbons (Fsp3) is 1.00. The van der Waals surface area contributed by atoms with E-state index in [1.165, 1.54) is 32.5 Å². The first-order valence-corrected chi connectivity index (χ1v) is 7.75. The van der Waals surface area contributed by atoms with E-state index in [4.69, 9.17) is 9.47 Å². The first-order chi connectivity index (χ1) is 9.24. The van der Waals surface area contributed by atoms with Gasteiger partial charge in [0.05, 0.1) is 6.61 Å². The molecule has 4 heteroatoms. The highest BCUT2D eigenvalue weighted by Gasteiger charge is 2.18. The van der Waals surface area contributed by atoms with Gasteiger partial charge in [-0.1, -0.05) is 0 Å². The normalized spacial score (nSPS) is 20.4. The minimum atomic E-state index is 0.601. The smallest absolute Gasteiger partial charge is 0.0593 e. The average molecular weight is 272 g/mol. The van der Waals surface area contributed by atoms with Gasteiger partial charge in [-0.3, -0.25) is 4.90 Å². The Balaban J connectivity index is 2.13. The summed E-state index contributed by atoms with van der Waals surface area (Å²) in [7, 11) is 1.73. The first kappa shape index (κ1) is 16.9. The summed E-state index contributed by atoms with van der Waals surface area (Å²) < 4.78 is 10.7. The van der Waals surface area contributed by atoms with Crippen LogP contribution in [0.3, 0.4) is 0 Å². The van der Waals surface area contributed by atoms with Crippen molar-refractivity contribution in [1.29, 1.82) is 0 Å². The molecule has 0 aromatic carbocycles. The zero-order valence-electron chi connectivity index (χ0n) is 13.0. The molecule has 1 fully saturated rings. The van der Waals surface area contributed by atoms with Crippen molar-refractivity contribution in [2.24, 2.45) is 5.92 Å². The highest BCUT2D eigenvalue weighted by Crippen LogP contribution is 2.13. The molecule has 0 amide bonds. The van der Waals surface area contributed by atoms with Gasteiger partial charge in [0.15, 0.2) is 0 Å². The molecule has 0 bridgehead atoms. The molecule has 0 aromatic heterocycles. The van der Waals surface area contributed by atoms with E-state index in [2.05, 4.69) is 24.1 Å². The first-order valence-electron chi connectivity index (χ1n) is 7.75. The predicted molar refractivity (Wildman–Crippen MR) is 79.6 cm³/mol. The molecule has 19 heavy (non-hydrogen) atoms. The Hall–Kier alpha value is -0.160. The van der Waals surface area contributed by atoms with Gasteiger partial charge in [-0.2, -0.15) is 0 Å². The third-order valence-electron chi connectivity index (χ3n) is 3.78. The molecule has 1 unspecified atom stereocenters. The molecule has 1 aliphatic heterocycles. The van der Waals surface area contributed by atoms with E-state index in [9.17, 15) is 0 Å². The van der Waals surface area contributed by atoms with Gasteiger partial charge in [0, 0.05) is 39.5 Å². The van der Waals surface area contributed by atoms with Gasteiger partial charge in [-0.05, 0) is 52.1 Å². The molecule has 1 heterocycles. The average Bonchev–Trinajstić information content (AvgIpc) is 2.42. The summed E-state index contributed by atoms with van der Waals surface area (Å²) in [5.41, 5.74) is 0. The maximum atomic E-state index is 5.67. The van der Waals surface area contributed by atoms with Crippen LogP contribution >= 0.6 is 0 Å². The fourth-order valence-electron chi connectivity index (χ4n) is 2.56. The summed E-state index contributed by atoms with van der Waals surface area (Å²) in [5.74, 6) is 0.810. The highest BCUT2D eigenvalue weighted by molar-refractivity contribution is 4.74. The molecular formula is C15H32N2O2. The van der Waals surface area contributed by atoms with E-state index in [0.717, 1.165) is 38.7 Å². The van der Waals surface area contributed by atoms with E-state index >= 15 is 0 Å². The van der Waals surface area contributed by atoms with Crippen molar-refractivity contribution in [3.63, 3.8) is 0 Å². The molecule has 1 rings (SSSR count). The third-order valence-corrected chi connectivity index (χ3v) is 3.78. The lowest BCUT2D eigenvalue weighted by molar-refractivity contribution is 0.0690. The number of hydrogen-bond donors (Lipinski definition) is 1. The van der Waals surface area contributed by atoms with E-state index in [-0.39, 0.29) is 0 Å². The Bertz CT molecular complexity index is 206. The van der Waals surface area contributed by atoms with Crippen molar-refractivity contribution in [2.45, 2.75) is 39.2 Å². The minimum Gasteiger partial charge on any atom is -0.385 e. The molecule has 0 aliphatic carbocycles. The number of methoxy groups -OCH3 is 1. The molecule has 1 atom stereocenters. The van der Waals surface area contributed by atoms with Crippen LogP contribution in [-0.2, 0) is 9.47 Å². The SMILES string of the molecule is COCCCOCCN(CC1CCCNC1)C(C)C. The molecule has 1 aliphatic rings. The number of nitrogens with zero attached hydrogens (tertiary/aromatic N) is 1. The van der Waals surface area contributed by atoms with Crippen LogP contribution in [0.15, 0.2) is 0 Å². The molecule has 0 saturated carbocycles. The van der Waals surface area contributed by atoms with Gasteiger partial charge < -0.3 is 14.8 Å². The van der Waals surface area contributed by atoms with Crippen LogP contribution in [0.2, 0.25) is 0 Å². The summed E-state index contributed by atoms with van der Waals surface area (Å²) in [4.78, 5) is 2.55. The van der Waals surface area contributed by atoms with Crippen LogP contribution in [0.25, 0.3) is 0 Å². The molecule has 1 N–H and O–H groups in total. The summed E-state index contributed by atoms with van der Waals surface area (Å²) >= 11 is 0. The number of piperidine rings is 1. The molecule has 4 nitrogen and oxygen atoms in total. The number of ether oxygens (including phenoxy) is 2. The van der Waals surface area contributed by atoms with E-state index in [0.29, 0.717) is 6.04 Å². The van der Waals surface area contributed by atoms with Crippen LogP contribution in [0.4, 0.5) is 0 Å². The molecule has 0 spiro atoms. The molecular weight excluding hydrogens is 240 g/mol. The second-order valence-corrected chi connectivity index (χ2v) is 5.76. The molecule has 0 aromatic rings. The Morgan fingerprint density at radius 1 is 1.26 bits per heavy atom. The van der Waals surface area contributed by atoms with Crippen LogP contribution in [0, 0.1) is 5.92 Å². The second kappa shape index (κ2) is 10.6. The second-order valence-electron chi connectivity index (χ2n) is 5.76. The Morgan fingerprint density at radius 3 is 2.74 bits per heavy atom. The monoisotopic (exact) mass is 272 g/mol. The number of nitrogens with one attached hydrogen (secondary N) is 1. The lowest BCUT2D eigenvalue weighted by atomic mass is 9.98. The van der Waals surface area contributed by atoms with Crippen molar-refractivity contribution in [2.75, 3.05) is 53.1 Å². The van der Waals surface area contributed by atoms with Crippen molar-refractivity contribution in [3.8, 4) is 0 Å². The third kappa shape index (κ3) is 7.88. The van der Waals surface area contributed by atoms with Gasteiger partial charge >= 0.3 is 0 Å². The minimum absolute atomic E-state index is 0.601. The van der Waals surface area contributed by atoms with E-state index in [1.54, 1.807) is 7.11 Å². The summed E-state index contributed by atoms with van der Waals surface area (Å²) in [6, 6.07) is 0.601. The Kier molecular flexibility index (Phi) is 9.43. The van der Waals surface area contributed by atoms with Crippen molar-refractivity contribution >= 4 is 0 Å². The lowest BCUT2D eigenvalue weighted by Crippen LogP contribution is -2.42. The lowest BCUT2D eigenvalue weighted by Gasteiger charge is -2.32. The van der Waals surface area contributed by atoms with E-state index < -0.39 is 0 Å². The van der Waals surface area contributed by atoms with Gasteiger partial charge in [0.1, 0.15) is 0 Å².